The zero-order valence-electron chi connectivity index (χ0n) is 16.7. The Morgan fingerprint density at radius 3 is 2.55 bits per heavy atom. The molecule has 1 fully saturated rings. The van der Waals surface area contributed by atoms with Crippen LogP contribution in [0.15, 0.2) is 42.7 Å². The van der Waals surface area contributed by atoms with Crippen LogP contribution < -0.4 is 20.5 Å². The van der Waals surface area contributed by atoms with Crippen molar-refractivity contribution in [3.05, 3.63) is 48.3 Å². The molecule has 0 spiro atoms. The number of benzene rings is 2. The van der Waals surface area contributed by atoms with E-state index in [1.54, 1.807) is 32.7 Å². The van der Waals surface area contributed by atoms with Crippen LogP contribution in [0.1, 0.15) is 5.56 Å². The molecule has 3 aromatic rings. The standard InChI is InChI=1S/C21H25N4O3P/c1-27-16-4-3-15(19(13-16)28-2)14-25-9-11-29(26,12-10-25)21-17(22)5-6-18-20(21)24-8-7-23-18/h3-8,13H,9-12,14,22H2,1-2H3. The largest absolute Gasteiger partial charge is 0.497 e. The maximum Gasteiger partial charge on any atom is 0.127 e. The van der Waals surface area contributed by atoms with E-state index in [1.807, 2.05) is 24.3 Å². The summed E-state index contributed by atoms with van der Waals surface area (Å²) >= 11 is 0. The lowest BCUT2D eigenvalue weighted by molar-refractivity contribution is 0.281. The molecule has 1 aliphatic heterocycles. The third-order valence-electron chi connectivity index (χ3n) is 5.50. The Balaban J connectivity index is 1.54. The van der Waals surface area contributed by atoms with Crippen molar-refractivity contribution in [1.82, 2.24) is 14.9 Å². The molecule has 2 heterocycles. The van der Waals surface area contributed by atoms with E-state index >= 15 is 0 Å². The van der Waals surface area contributed by atoms with Crippen molar-refractivity contribution in [1.29, 1.82) is 0 Å². The Labute approximate surface area is 170 Å². The van der Waals surface area contributed by atoms with E-state index in [2.05, 4.69) is 14.9 Å². The summed E-state index contributed by atoms with van der Waals surface area (Å²) in [5.41, 5.74) is 9.28. The van der Waals surface area contributed by atoms with Crippen molar-refractivity contribution in [2.45, 2.75) is 6.54 Å². The molecule has 0 radical (unpaired) electrons. The van der Waals surface area contributed by atoms with E-state index in [0.717, 1.165) is 42.2 Å². The van der Waals surface area contributed by atoms with Gasteiger partial charge in [0.15, 0.2) is 0 Å². The number of hydrogen-bond donors (Lipinski definition) is 1. The van der Waals surface area contributed by atoms with Gasteiger partial charge in [-0.3, -0.25) is 14.9 Å². The first-order valence-electron chi connectivity index (χ1n) is 9.55. The minimum Gasteiger partial charge on any atom is -0.497 e. The SMILES string of the molecule is COc1ccc(CN2CCP(=O)(c3c(N)ccc4nccnc34)CC2)c(OC)c1. The van der Waals surface area contributed by atoms with E-state index in [4.69, 9.17) is 15.2 Å². The summed E-state index contributed by atoms with van der Waals surface area (Å²) in [6.45, 7) is 2.18. The second-order valence-electron chi connectivity index (χ2n) is 7.22. The topological polar surface area (TPSA) is 90.6 Å². The van der Waals surface area contributed by atoms with Gasteiger partial charge in [0, 0.05) is 61.7 Å². The van der Waals surface area contributed by atoms with Gasteiger partial charge in [0.1, 0.15) is 24.2 Å². The Morgan fingerprint density at radius 1 is 1.07 bits per heavy atom. The third-order valence-corrected chi connectivity index (χ3v) is 8.63. The number of ether oxygens (including phenoxy) is 2. The molecule has 4 rings (SSSR count). The van der Waals surface area contributed by atoms with Crippen LogP contribution in [0, 0.1) is 0 Å². The Hall–Kier alpha value is -2.63. The van der Waals surface area contributed by atoms with E-state index in [0.29, 0.717) is 28.8 Å². The third kappa shape index (κ3) is 3.80. The van der Waals surface area contributed by atoms with E-state index in [-0.39, 0.29) is 0 Å². The molecule has 1 aromatic heterocycles. The fourth-order valence-corrected chi connectivity index (χ4v) is 6.89. The first-order valence-corrected chi connectivity index (χ1v) is 11.6. The highest BCUT2D eigenvalue weighted by Gasteiger charge is 2.34. The minimum absolute atomic E-state index is 0.548. The predicted molar refractivity (Wildman–Crippen MR) is 116 cm³/mol. The smallest absolute Gasteiger partial charge is 0.127 e. The highest BCUT2D eigenvalue weighted by molar-refractivity contribution is 7.72. The van der Waals surface area contributed by atoms with Crippen molar-refractivity contribution in [2.75, 3.05) is 45.4 Å². The maximum absolute atomic E-state index is 13.9. The van der Waals surface area contributed by atoms with Crippen LogP contribution in [-0.2, 0) is 11.1 Å². The molecule has 0 unspecified atom stereocenters. The lowest BCUT2D eigenvalue weighted by Gasteiger charge is -2.33. The van der Waals surface area contributed by atoms with Crippen LogP contribution in [0.4, 0.5) is 5.69 Å². The Morgan fingerprint density at radius 2 is 1.83 bits per heavy atom. The molecule has 8 heteroatoms. The van der Waals surface area contributed by atoms with E-state index < -0.39 is 7.14 Å². The number of nitrogen functional groups attached to an aromatic ring is 1. The molecule has 1 aliphatic rings. The van der Waals surface area contributed by atoms with Gasteiger partial charge in [0.05, 0.1) is 25.0 Å². The highest BCUT2D eigenvalue weighted by atomic mass is 31.2. The molecular weight excluding hydrogens is 387 g/mol. The second-order valence-corrected chi connectivity index (χ2v) is 10.3. The van der Waals surface area contributed by atoms with E-state index in [9.17, 15) is 4.57 Å². The molecule has 0 aliphatic carbocycles. The number of nitrogens with two attached hydrogens (primary N) is 1. The molecule has 7 nitrogen and oxygen atoms in total. The number of fused-ring (bicyclic) bond motifs is 1. The summed E-state index contributed by atoms with van der Waals surface area (Å²) in [5, 5.41) is 0.699. The van der Waals surface area contributed by atoms with Crippen molar-refractivity contribution in [3.63, 3.8) is 0 Å². The molecule has 0 bridgehead atoms. The lowest BCUT2D eigenvalue weighted by atomic mass is 10.1. The van der Waals surface area contributed by atoms with Crippen molar-refractivity contribution in [2.24, 2.45) is 0 Å². The fraction of sp³-hybridized carbons (Fsp3) is 0.333. The summed E-state index contributed by atoms with van der Waals surface area (Å²) in [7, 11) is 0.656. The fourth-order valence-electron chi connectivity index (χ4n) is 3.90. The van der Waals surface area contributed by atoms with Gasteiger partial charge in [-0.15, -0.1) is 0 Å². The zero-order chi connectivity index (χ0) is 20.4. The predicted octanol–water partition coefficient (Wildman–Crippen LogP) is 2.73. The van der Waals surface area contributed by atoms with Gasteiger partial charge < -0.3 is 19.8 Å². The van der Waals surface area contributed by atoms with Gasteiger partial charge >= 0.3 is 0 Å². The molecule has 29 heavy (non-hydrogen) atoms. The maximum atomic E-state index is 13.9. The average molecular weight is 412 g/mol. The van der Waals surface area contributed by atoms with E-state index in [1.165, 1.54) is 0 Å². The summed E-state index contributed by atoms with van der Waals surface area (Å²) in [4.78, 5) is 11.1. The van der Waals surface area contributed by atoms with Crippen LogP contribution in [0.5, 0.6) is 11.5 Å². The first kappa shape index (κ1) is 19.7. The van der Waals surface area contributed by atoms with Crippen molar-refractivity contribution >= 4 is 29.2 Å². The zero-order valence-corrected chi connectivity index (χ0v) is 17.6. The second kappa shape index (κ2) is 8.01. The summed E-state index contributed by atoms with van der Waals surface area (Å²) in [6, 6.07) is 9.46. The Kier molecular flexibility index (Phi) is 5.43. The van der Waals surface area contributed by atoms with Gasteiger partial charge in [0.2, 0.25) is 0 Å². The van der Waals surface area contributed by atoms with Gasteiger partial charge in [0.25, 0.3) is 0 Å². The number of methoxy groups -OCH3 is 2. The molecule has 2 N–H and O–H groups in total. The molecule has 2 aromatic carbocycles. The van der Waals surface area contributed by atoms with Gasteiger partial charge in [-0.25, -0.2) is 0 Å². The molecule has 152 valence electrons. The molecule has 1 saturated heterocycles. The molecular formula is C21H25N4O3P. The summed E-state index contributed by atoms with van der Waals surface area (Å²) in [5.74, 6) is 1.56. The monoisotopic (exact) mass is 412 g/mol. The Bertz CT molecular complexity index is 1080. The van der Waals surface area contributed by atoms with Gasteiger partial charge in [-0.1, -0.05) is 6.07 Å². The number of anilines is 1. The number of hydrogen-bond acceptors (Lipinski definition) is 7. The van der Waals surface area contributed by atoms with Crippen molar-refractivity contribution in [3.8, 4) is 11.5 Å². The van der Waals surface area contributed by atoms with Crippen LogP contribution >= 0.6 is 7.14 Å². The van der Waals surface area contributed by atoms with Crippen LogP contribution in [0.25, 0.3) is 11.0 Å². The molecule has 0 saturated carbocycles. The van der Waals surface area contributed by atoms with Crippen molar-refractivity contribution < 1.29 is 14.0 Å². The first-order chi connectivity index (χ1) is 14.0. The minimum atomic E-state index is -2.64. The van der Waals surface area contributed by atoms with Crippen LogP contribution in [0.2, 0.25) is 0 Å². The van der Waals surface area contributed by atoms with Crippen LogP contribution in [0.3, 0.4) is 0 Å². The lowest BCUT2D eigenvalue weighted by Crippen LogP contribution is -2.37. The van der Waals surface area contributed by atoms with Crippen LogP contribution in [-0.4, -0.2) is 54.5 Å². The number of aromatic nitrogens is 2. The highest BCUT2D eigenvalue weighted by Crippen LogP contribution is 2.49. The number of rotatable bonds is 5. The van der Waals surface area contributed by atoms with Gasteiger partial charge in [-0.05, 0) is 18.2 Å². The quantitative estimate of drug-likeness (QED) is 0.509. The number of nitrogens with zero attached hydrogens (tertiary/aromatic N) is 3. The normalized spacial score (nSPS) is 16.6. The summed E-state index contributed by atoms with van der Waals surface area (Å²) < 4.78 is 24.6. The van der Waals surface area contributed by atoms with Gasteiger partial charge in [-0.2, -0.15) is 0 Å². The molecule has 0 amide bonds. The average Bonchev–Trinajstić information content (AvgIpc) is 2.75. The summed E-state index contributed by atoms with van der Waals surface area (Å²) in [6.07, 6.45) is 4.42. The molecule has 0 atom stereocenters.